The highest BCUT2D eigenvalue weighted by Gasteiger charge is 2.33. The Morgan fingerprint density at radius 1 is 1.17 bits per heavy atom. The Hall–Kier alpha value is -2.71. The van der Waals surface area contributed by atoms with E-state index in [1.54, 1.807) is 18.4 Å². The number of thiazole rings is 1. The molecule has 2 aromatic carbocycles. The zero-order valence-electron chi connectivity index (χ0n) is 16.3. The average molecular weight is 446 g/mol. The van der Waals surface area contributed by atoms with Crippen molar-refractivity contribution in [3.63, 3.8) is 0 Å². The summed E-state index contributed by atoms with van der Waals surface area (Å²) < 4.78 is 17.9. The van der Waals surface area contributed by atoms with E-state index in [4.69, 9.17) is 30.8 Å². The first-order valence-electron chi connectivity index (χ1n) is 9.69. The Labute approximate surface area is 182 Å². The minimum absolute atomic E-state index is 0.0434. The lowest BCUT2D eigenvalue weighted by atomic mass is 10.2. The molecule has 1 atom stereocenters. The van der Waals surface area contributed by atoms with Crippen molar-refractivity contribution in [2.45, 2.75) is 6.10 Å². The first-order valence-corrected chi connectivity index (χ1v) is 10.9. The number of ether oxygens (including phenoxy) is 3. The summed E-state index contributed by atoms with van der Waals surface area (Å²) in [4.78, 5) is 21.7. The van der Waals surface area contributed by atoms with Crippen LogP contribution in [0, 0.1) is 0 Å². The summed E-state index contributed by atoms with van der Waals surface area (Å²) in [5, 5.41) is 1.55. The first kappa shape index (κ1) is 19.3. The van der Waals surface area contributed by atoms with Gasteiger partial charge in [0.2, 0.25) is 6.10 Å². The highest BCUT2D eigenvalue weighted by Crippen LogP contribution is 2.39. The van der Waals surface area contributed by atoms with E-state index in [-0.39, 0.29) is 12.5 Å². The summed E-state index contributed by atoms with van der Waals surface area (Å²) in [5.41, 5.74) is 0.773. The fourth-order valence-electron chi connectivity index (χ4n) is 3.70. The van der Waals surface area contributed by atoms with E-state index in [1.165, 1.54) is 0 Å². The van der Waals surface area contributed by atoms with Crippen molar-refractivity contribution in [2.24, 2.45) is 0 Å². The van der Waals surface area contributed by atoms with Crippen molar-refractivity contribution in [3.05, 3.63) is 41.4 Å². The maximum absolute atomic E-state index is 12.9. The summed E-state index contributed by atoms with van der Waals surface area (Å²) in [7, 11) is 1.63. The number of rotatable bonds is 3. The molecule has 3 heterocycles. The number of para-hydroxylation sites is 2. The second kappa shape index (κ2) is 7.85. The van der Waals surface area contributed by atoms with Gasteiger partial charge in [0.15, 0.2) is 16.6 Å². The SMILES string of the molecule is COc1ccc(Cl)c2sc(N3CCN(C(=O)[C@H]4COc5ccccc5O4)CC3)nc12. The molecule has 0 aliphatic carbocycles. The lowest BCUT2D eigenvalue weighted by molar-refractivity contribution is -0.141. The molecule has 1 saturated heterocycles. The van der Waals surface area contributed by atoms with E-state index in [1.807, 2.05) is 41.3 Å². The fraction of sp³-hybridized carbons (Fsp3) is 0.333. The van der Waals surface area contributed by atoms with Gasteiger partial charge in [-0.25, -0.2) is 4.98 Å². The first-order chi connectivity index (χ1) is 14.6. The molecule has 0 spiro atoms. The van der Waals surface area contributed by atoms with Crippen LogP contribution < -0.4 is 19.1 Å². The van der Waals surface area contributed by atoms with E-state index in [0.29, 0.717) is 48.5 Å². The smallest absolute Gasteiger partial charge is 0.267 e. The molecule has 9 heteroatoms. The van der Waals surface area contributed by atoms with Gasteiger partial charge >= 0.3 is 0 Å². The van der Waals surface area contributed by atoms with Gasteiger partial charge in [-0.2, -0.15) is 0 Å². The van der Waals surface area contributed by atoms with Crippen molar-refractivity contribution in [1.29, 1.82) is 0 Å². The third-order valence-electron chi connectivity index (χ3n) is 5.31. The number of aromatic nitrogens is 1. The number of carbonyl (C=O) groups excluding carboxylic acids is 1. The van der Waals surface area contributed by atoms with E-state index in [9.17, 15) is 4.79 Å². The summed E-state index contributed by atoms with van der Waals surface area (Å²) >= 11 is 7.89. The van der Waals surface area contributed by atoms with Gasteiger partial charge in [0.25, 0.3) is 5.91 Å². The number of halogens is 1. The molecule has 0 saturated carbocycles. The Morgan fingerprint density at radius 2 is 1.93 bits per heavy atom. The van der Waals surface area contributed by atoms with Crippen LogP contribution >= 0.6 is 22.9 Å². The molecule has 5 rings (SSSR count). The van der Waals surface area contributed by atoms with Gasteiger partial charge in [-0.15, -0.1) is 0 Å². The lowest BCUT2D eigenvalue weighted by Gasteiger charge is -2.37. The minimum Gasteiger partial charge on any atom is -0.494 e. The number of amides is 1. The molecular weight excluding hydrogens is 426 g/mol. The summed E-state index contributed by atoms with van der Waals surface area (Å²) in [6, 6.07) is 11.1. The number of hydrogen-bond donors (Lipinski definition) is 0. The van der Waals surface area contributed by atoms with Crippen LogP contribution in [0.1, 0.15) is 0 Å². The third kappa shape index (κ3) is 3.40. The largest absolute Gasteiger partial charge is 0.494 e. The Kier molecular flexibility index (Phi) is 5.04. The van der Waals surface area contributed by atoms with Crippen LogP contribution in [-0.2, 0) is 4.79 Å². The number of nitrogens with zero attached hydrogens (tertiary/aromatic N) is 3. The van der Waals surface area contributed by atoms with Crippen LogP contribution in [0.25, 0.3) is 10.2 Å². The normalized spacial score (nSPS) is 18.5. The number of fused-ring (bicyclic) bond motifs is 2. The van der Waals surface area contributed by atoms with Crippen molar-refractivity contribution in [1.82, 2.24) is 9.88 Å². The van der Waals surface area contributed by atoms with E-state index in [2.05, 4.69) is 4.90 Å². The van der Waals surface area contributed by atoms with Gasteiger partial charge in [0, 0.05) is 26.2 Å². The molecule has 0 bridgehead atoms. The van der Waals surface area contributed by atoms with Crippen molar-refractivity contribution < 1.29 is 19.0 Å². The maximum atomic E-state index is 12.9. The molecule has 7 nitrogen and oxygen atoms in total. The van der Waals surface area contributed by atoms with Crippen molar-refractivity contribution in [3.8, 4) is 17.2 Å². The van der Waals surface area contributed by atoms with Crippen molar-refractivity contribution >= 4 is 44.2 Å². The molecule has 0 radical (unpaired) electrons. The van der Waals surface area contributed by atoms with Gasteiger partial charge in [0.05, 0.1) is 16.8 Å². The standard InChI is InChI=1S/C21H20ClN3O4S/c1-27-16-7-6-13(22)19-18(16)23-21(30-19)25-10-8-24(9-11-25)20(26)17-12-28-14-4-2-3-5-15(14)29-17/h2-7,17H,8-12H2,1H3/t17-/m1/s1. The van der Waals surface area contributed by atoms with Gasteiger partial charge in [0.1, 0.15) is 17.9 Å². The van der Waals surface area contributed by atoms with Gasteiger partial charge in [-0.05, 0) is 24.3 Å². The maximum Gasteiger partial charge on any atom is 0.267 e. The molecule has 1 aromatic heterocycles. The van der Waals surface area contributed by atoms with E-state index >= 15 is 0 Å². The number of piperazine rings is 1. The fourth-order valence-corrected chi connectivity index (χ4v) is 5.01. The summed E-state index contributed by atoms with van der Waals surface area (Å²) in [5.74, 6) is 1.95. The minimum atomic E-state index is -0.614. The molecule has 1 fully saturated rings. The van der Waals surface area contributed by atoms with Crippen LogP contribution in [0.4, 0.5) is 5.13 Å². The number of benzene rings is 2. The second-order valence-corrected chi connectivity index (χ2v) is 8.49. The molecule has 30 heavy (non-hydrogen) atoms. The van der Waals surface area contributed by atoms with Crippen LogP contribution in [-0.4, -0.2) is 61.8 Å². The number of anilines is 1. The van der Waals surface area contributed by atoms with Crippen molar-refractivity contribution in [2.75, 3.05) is 44.8 Å². The molecular formula is C21H20ClN3O4S. The highest BCUT2D eigenvalue weighted by molar-refractivity contribution is 7.22. The monoisotopic (exact) mass is 445 g/mol. The van der Waals surface area contributed by atoms with Crippen LogP contribution in [0.2, 0.25) is 5.02 Å². The van der Waals surface area contributed by atoms with Crippen LogP contribution in [0.15, 0.2) is 36.4 Å². The zero-order chi connectivity index (χ0) is 20.7. The number of hydrogen-bond acceptors (Lipinski definition) is 7. The zero-order valence-corrected chi connectivity index (χ0v) is 17.9. The Bertz CT molecular complexity index is 1100. The summed E-state index contributed by atoms with van der Waals surface area (Å²) in [6.07, 6.45) is -0.614. The topological polar surface area (TPSA) is 64.1 Å². The number of carbonyl (C=O) groups is 1. The Morgan fingerprint density at radius 3 is 2.70 bits per heavy atom. The molecule has 0 unspecified atom stereocenters. The van der Waals surface area contributed by atoms with Gasteiger partial charge < -0.3 is 24.0 Å². The Balaban J connectivity index is 1.26. The molecule has 156 valence electrons. The molecule has 2 aliphatic rings. The molecule has 3 aromatic rings. The third-order valence-corrected chi connectivity index (χ3v) is 6.89. The van der Waals surface area contributed by atoms with E-state index < -0.39 is 6.10 Å². The van der Waals surface area contributed by atoms with Crippen LogP contribution in [0.5, 0.6) is 17.2 Å². The van der Waals surface area contributed by atoms with Crippen LogP contribution in [0.3, 0.4) is 0 Å². The quantitative estimate of drug-likeness (QED) is 0.615. The predicted molar refractivity (Wildman–Crippen MR) is 116 cm³/mol. The van der Waals surface area contributed by atoms with Gasteiger partial charge in [-0.1, -0.05) is 35.1 Å². The molecule has 1 amide bonds. The number of methoxy groups -OCH3 is 1. The second-order valence-electron chi connectivity index (χ2n) is 7.10. The average Bonchev–Trinajstić information content (AvgIpc) is 3.25. The lowest BCUT2D eigenvalue weighted by Crippen LogP contribution is -2.54. The molecule has 0 N–H and O–H groups in total. The van der Waals surface area contributed by atoms with Gasteiger partial charge in [-0.3, -0.25) is 4.79 Å². The molecule has 2 aliphatic heterocycles. The summed E-state index contributed by atoms with van der Waals surface area (Å²) in [6.45, 7) is 2.81. The highest BCUT2D eigenvalue weighted by atomic mass is 35.5. The predicted octanol–water partition coefficient (Wildman–Crippen LogP) is 3.45. The van der Waals surface area contributed by atoms with E-state index in [0.717, 1.165) is 15.3 Å².